The van der Waals surface area contributed by atoms with Crippen LogP contribution in [0.1, 0.15) is 16.8 Å². The van der Waals surface area contributed by atoms with Gasteiger partial charge in [0.05, 0.1) is 9.26 Å². The second-order valence-corrected chi connectivity index (χ2v) is 7.55. The van der Waals surface area contributed by atoms with Gasteiger partial charge in [-0.2, -0.15) is 4.98 Å². The van der Waals surface area contributed by atoms with Gasteiger partial charge in [-0.3, -0.25) is 0 Å². The van der Waals surface area contributed by atoms with Crippen LogP contribution in [0.2, 0.25) is 0 Å². The van der Waals surface area contributed by atoms with Gasteiger partial charge in [-0.25, -0.2) is 8.77 Å². The SMILES string of the molecule is O=c1ncc(I)c(Cc2ccccc2)n1SCCc1ccccc1. The maximum Gasteiger partial charge on any atom is 0.357 e. The fourth-order valence-corrected chi connectivity index (χ4v) is 4.15. The van der Waals surface area contributed by atoms with Gasteiger partial charge < -0.3 is 0 Å². The molecule has 0 aliphatic carbocycles. The van der Waals surface area contributed by atoms with Gasteiger partial charge in [0.2, 0.25) is 0 Å². The van der Waals surface area contributed by atoms with E-state index in [0.29, 0.717) is 0 Å². The molecule has 0 aliphatic rings. The van der Waals surface area contributed by atoms with Crippen LogP contribution in [-0.2, 0) is 12.8 Å². The number of rotatable bonds is 6. The zero-order valence-electron chi connectivity index (χ0n) is 13.1. The zero-order chi connectivity index (χ0) is 16.8. The lowest BCUT2D eigenvalue weighted by atomic mass is 10.1. The van der Waals surface area contributed by atoms with Gasteiger partial charge >= 0.3 is 5.69 Å². The largest absolute Gasteiger partial charge is 0.357 e. The summed E-state index contributed by atoms with van der Waals surface area (Å²) in [7, 11) is 0. The Labute approximate surface area is 159 Å². The van der Waals surface area contributed by atoms with Crippen LogP contribution in [0.25, 0.3) is 0 Å². The fraction of sp³-hybridized carbons (Fsp3) is 0.158. The van der Waals surface area contributed by atoms with Crippen molar-refractivity contribution in [1.29, 1.82) is 0 Å². The Bertz CT molecular complexity index is 850. The van der Waals surface area contributed by atoms with E-state index >= 15 is 0 Å². The summed E-state index contributed by atoms with van der Waals surface area (Å²) in [5.41, 5.74) is 3.29. The van der Waals surface area contributed by atoms with Crippen LogP contribution in [0.5, 0.6) is 0 Å². The third-order valence-corrected chi connectivity index (χ3v) is 5.57. The van der Waals surface area contributed by atoms with Crippen molar-refractivity contribution in [2.45, 2.75) is 12.8 Å². The van der Waals surface area contributed by atoms with Gasteiger partial charge in [-0.1, -0.05) is 60.7 Å². The van der Waals surface area contributed by atoms with E-state index in [0.717, 1.165) is 27.9 Å². The molecule has 5 heteroatoms. The molecular weight excluding hydrogens is 431 g/mol. The molecule has 1 heterocycles. The molecule has 1 aromatic heterocycles. The average molecular weight is 448 g/mol. The molecule has 0 spiro atoms. The molecule has 0 unspecified atom stereocenters. The Morgan fingerprint density at radius 2 is 1.58 bits per heavy atom. The van der Waals surface area contributed by atoms with E-state index in [1.54, 1.807) is 10.2 Å². The first kappa shape index (κ1) is 17.2. The Morgan fingerprint density at radius 1 is 0.958 bits per heavy atom. The number of nitrogens with zero attached hydrogens (tertiary/aromatic N) is 2. The third-order valence-electron chi connectivity index (χ3n) is 3.65. The van der Waals surface area contributed by atoms with Crippen molar-refractivity contribution in [3.63, 3.8) is 0 Å². The molecule has 0 N–H and O–H groups in total. The lowest BCUT2D eigenvalue weighted by Gasteiger charge is -2.13. The van der Waals surface area contributed by atoms with Crippen molar-refractivity contribution in [3.8, 4) is 0 Å². The highest BCUT2D eigenvalue weighted by atomic mass is 127. The lowest BCUT2D eigenvalue weighted by molar-refractivity contribution is 0.912. The second kappa shape index (κ2) is 8.48. The van der Waals surface area contributed by atoms with Crippen LogP contribution in [0.15, 0.2) is 71.7 Å². The topological polar surface area (TPSA) is 34.9 Å². The first-order valence-electron chi connectivity index (χ1n) is 7.71. The molecule has 2 aromatic carbocycles. The summed E-state index contributed by atoms with van der Waals surface area (Å²) in [5.74, 6) is 0.841. The number of aryl methyl sites for hydroxylation is 1. The molecule has 0 saturated carbocycles. The van der Waals surface area contributed by atoms with Crippen molar-refractivity contribution in [1.82, 2.24) is 8.96 Å². The Balaban J connectivity index is 1.79. The summed E-state index contributed by atoms with van der Waals surface area (Å²) >= 11 is 3.80. The summed E-state index contributed by atoms with van der Waals surface area (Å²) in [6.45, 7) is 0. The summed E-state index contributed by atoms with van der Waals surface area (Å²) < 4.78 is 2.76. The average Bonchev–Trinajstić information content (AvgIpc) is 2.62. The highest BCUT2D eigenvalue weighted by Crippen LogP contribution is 2.19. The van der Waals surface area contributed by atoms with E-state index in [-0.39, 0.29) is 5.69 Å². The molecule has 3 nitrogen and oxygen atoms in total. The van der Waals surface area contributed by atoms with Crippen molar-refractivity contribution in [3.05, 3.63) is 97.7 Å². The van der Waals surface area contributed by atoms with Crippen LogP contribution in [-0.4, -0.2) is 14.7 Å². The van der Waals surface area contributed by atoms with Crippen LogP contribution in [0, 0.1) is 3.57 Å². The Hall–Kier alpha value is -1.60. The van der Waals surface area contributed by atoms with E-state index in [9.17, 15) is 4.79 Å². The normalized spacial score (nSPS) is 10.7. The minimum absolute atomic E-state index is 0.195. The fourth-order valence-electron chi connectivity index (χ4n) is 2.43. The summed E-state index contributed by atoms with van der Waals surface area (Å²) in [5, 5.41) is 0. The first-order chi connectivity index (χ1) is 11.7. The number of aromatic nitrogens is 2. The van der Waals surface area contributed by atoms with Gasteiger partial charge in [-0.05, 0) is 52.1 Å². The molecule has 0 bridgehead atoms. The Morgan fingerprint density at radius 3 is 2.25 bits per heavy atom. The molecule has 0 amide bonds. The zero-order valence-corrected chi connectivity index (χ0v) is 16.0. The molecular formula is C19H17IN2OS. The van der Waals surface area contributed by atoms with E-state index in [1.165, 1.54) is 23.1 Å². The number of halogens is 1. The molecule has 3 rings (SSSR count). The molecule has 122 valence electrons. The van der Waals surface area contributed by atoms with Gasteiger partial charge in [0, 0.05) is 18.4 Å². The molecule has 24 heavy (non-hydrogen) atoms. The number of benzene rings is 2. The van der Waals surface area contributed by atoms with Crippen molar-refractivity contribution in [2.75, 3.05) is 5.75 Å². The second-order valence-electron chi connectivity index (χ2n) is 5.36. The quantitative estimate of drug-likeness (QED) is 0.531. The van der Waals surface area contributed by atoms with Crippen molar-refractivity contribution in [2.24, 2.45) is 0 Å². The maximum absolute atomic E-state index is 12.3. The summed E-state index contributed by atoms with van der Waals surface area (Å²) in [4.78, 5) is 16.2. The number of hydrogen-bond donors (Lipinski definition) is 0. The highest BCUT2D eigenvalue weighted by Gasteiger charge is 2.11. The van der Waals surface area contributed by atoms with Crippen LogP contribution < -0.4 is 5.69 Å². The Kier molecular flexibility index (Phi) is 6.09. The smallest absolute Gasteiger partial charge is 0.245 e. The predicted molar refractivity (Wildman–Crippen MR) is 108 cm³/mol. The molecule has 0 atom stereocenters. The van der Waals surface area contributed by atoms with E-state index in [2.05, 4.69) is 51.8 Å². The van der Waals surface area contributed by atoms with Crippen LogP contribution >= 0.6 is 34.5 Å². The van der Waals surface area contributed by atoms with E-state index in [1.807, 2.05) is 36.4 Å². The minimum Gasteiger partial charge on any atom is -0.245 e. The lowest BCUT2D eigenvalue weighted by Crippen LogP contribution is -2.23. The standard InChI is InChI=1S/C19H17IN2OS/c20-17-14-21-19(23)22(18(17)13-16-9-5-2-6-10-16)24-12-11-15-7-3-1-4-8-15/h1-10,14H,11-13H2. The predicted octanol–water partition coefficient (Wildman–Crippen LogP) is 4.18. The molecule has 0 saturated heterocycles. The van der Waals surface area contributed by atoms with Crippen molar-refractivity contribution < 1.29 is 0 Å². The van der Waals surface area contributed by atoms with Gasteiger partial charge in [0.1, 0.15) is 0 Å². The molecule has 0 aliphatic heterocycles. The number of hydrogen-bond acceptors (Lipinski definition) is 3. The highest BCUT2D eigenvalue weighted by molar-refractivity contribution is 14.1. The van der Waals surface area contributed by atoms with Gasteiger partial charge in [0.15, 0.2) is 0 Å². The van der Waals surface area contributed by atoms with Gasteiger partial charge in [0.25, 0.3) is 0 Å². The van der Waals surface area contributed by atoms with Crippen LogP contribution in [0.4, 0.5) is 0 Å². The molecule has 0 radical (unpaired) electrons. The summed E-state index contributed by atoms with van der Waals surface area (Å²) in [6.07, 6.45) is 3.32. The summed E-state index contributed by atoms with van der Waals surface area (Å²) in [6, 6.07) is 20.5. The van der Waals surface area contributed by atoms with Crippen molar-refractivity contribution >= 4 is 34.5 Å². The molecule has 3 aromatic rings. The third kappa shape index (κ3) is 4.48. The minimum atomic E-state index is -0.195. The van der Waals surface area contributed by atoms with E-state index < -0.39 is 0 Å². The monoisotopic (exact) mass is 448 g/mol. The van der Waals surface area contributed by atoms with Crippen LogP contribution in [0.3, 0.4) is 0 Å². The first-order valence-corrected chi connectivity index (χ1v) is 9.74. The van der Waals surface area contributed by atoms with Gasteiger partial charge in [-0.15, -0.1) is 0 Å². The molecule has 0 fully saturated rings. The maximum atomic E-state index is 12.3. The van der Waals surface area contributed by atoms with E-state index in [4.69, 9.17) is 0 Å².